The SMILES string of the molecule is CCC=S(C)(=O)c1ccc(Nc2nccn3c(-c4ccc(OC)c(F)c4F)cnc23)cc1F. The van der Waals surface area contributed by atoms with Crippen molar-refractivity contribution in [1.82, 2.24) is 14.4 Å². The van der Waals surface area contributed by atoms with Gasteiger partial charge in [0.1, 0.15) is 5.82 Å². The predicted octanol–water partition coefficient (Wildman–Crippen LogP) is 5.05. The number of anilines is 2. The fourth-order valence-electron chi connectivity index (χ4n) is 3.55. The normalized spacial score (nSPS) is 13.0. The molecule has 0 radical (unpaired) electrons. The standard InChI is InChI=1S/C23H21F3N4O2S/c1-4-11-33(3,31)19-8-5-14(12-16(19)24)29-22-23-28-13-17(30(23)10-9-27-22)15-6-7-18(32-2)21(26)20(15)25/h5-13H,4H2,1-3H3,(H,27,29). The van der Waals surface area contributed by atoms with E-state index in [9.17, 15) is 17.4 Å². The van der Waals surface area contributed by atoms with Crippen molar-refractivity contribution in [2.24, 2.45) is 0 Å². The van der Waals surface area contributed by atoms with Gasteiger partial charge in [0.2, 0.25) is 5.82 Å². The van der Waals surface area contributed by atoms with Crippen LogP contribution in [0.25, 0.3) is 16.9 Å². The predicted molar refractivity (Wildman–Crippen MR) is 123 cm³/mol. The van der Waals surface area contributed by atoms with Gasteiger partial charge in [0.15, 0.2) is 23.0 Å². The summed E-state index contributed by atoms with van der Waals surface area (Å²) in [6.45, 7) is 1.84. The van der Waals surface area contributed by atoms with E-state index < -0.39 is 27.0 Å². The highest BCUT2D eigenvalue weighted by Crippen LogP contribution is 2.31. The number of nitrogens with zero attached hydrogens (tertiary/aromatic N) is 3. The average molecular weight is 475 g/mol. The third-order valence-corrected chi connectivity index (χ3v) is 7.26. The van der Waals surface area contributed by atoms with E-state index >= 15 is 0 Å². The maximum Gasteiger partial charge on any atom is 0.201 e. The monoisotopic (exact) mass is 474 g/mol. The van der Waals surface area contributed by atoms with Crippen LogP contribution in [0.3, 0.4) is 0 Å². The molecular weight excluding hydrogens is 453 g/mol. The van der Waals surface area contributed by atoms with Crippen LogP contribution >= 0.6 is 0 Å². The maximum absolute atomic E-state index is 14.7. The Hall–Kier alpha value is -3.53. The molecule has 10 heteroatoms. The van der Waals surface area contributed by atoms with Crippen LogP contribution in [0, 0.1) is 17.5 Å². The number of ether oxygens (including phenoxy) is 1. The first-order valence-corrected chi connectivity index (χ1v) is 12.0. The van der Waals surface area contributed by atoms with E-state index in [0.29, 0.717) is 23.4 Å². The number of hydrogen-bond acceptors (Lipinski definition) is 5. The molecule has 0 bridgehead atoms. The molecule has 0 spiro atoms. The van der Waals surface area contributed by atoms with Gasteiger partial charge in [-0.05, 0) is 51.6 Å². The molecule has 0 aliphatic heterocycles. The van der Waals surface area contributed by atoms with Crippen molar-refractivity contribution in [1.29, 1.82) is 0 Å². The number of nitrogens with one attached hydrogen (secondary N) is 1. The summed E-state index contributed by atoms with van der Waals surface area (Å²) in [6.07, 6.45) is 6.46. The molecule has 0 fully saturated rings. The van der Waals surface area contributed by atoms with Gasteiger partial charge in [-0.2, -0.15) is 4.39 Å². The first-order valence-electron chi connectivity index (χ1n) is 10.00. The van der Waals surface area contributed by atoms with Crippen molar-refractivity contribution in [2.75, 3.05) is 18.7 Å². The van der Waals surface area contributed by atoms with Crippen molar-refractivity contribution < 1.29 is 22.1 Å². The molecule has 1 atom stereocenters. The summed E-state index contributed by atoms with van der Waals surface area (Å²) in [6, 6.07) is 7.03. The van der Waals surface area contributed by atoms with Crippen LogP contribution in [0.2, 0.25) is 0 Å². The fourth-order valence-corrected chi connectivity index (χ4v) is 5.15. The van der Waals surface area contributed by atoms with Gasteiger partial charge in [-0.25, -0.2) is 18.7 Å². The number of halogens is 3. The Balaban J connectivity index is 1.73. The Bertz CT molecular complexity index is 1480. The fraction of sp³-hybridized carbons (Fsp3) is 0.174. The Morgan fingerprint density at radius 2 is 1.94 bits per heavy atom. The van der Waals surface area contributed by atoms with Crippen LogP contribution < -0.4 is 10.1 Å². The van der Waals surface area contributed by atoms with Crippen LogP contribution in [-0.2, 0) is 9.52 Å². The Morgan fingerprint density at radius 3 is 2.64 bits per heavy atom. The molecule has 0 amide bonds. The number of imidazole rings is 1. The van der Waals surface area contributed by atoms with Crippen molar-refractivity contribution in [2.45, 2.75) is 18.2 Å². The van der Waals surface area contributed by atoms with E-state index in [0.717, 1.165) is 0 Å². The van der Waals surface area contributed by atoms with Crippen LogP contribution in [0.4, 0.5) is 24.7 Å². The van der Waals surface area contributed by atoms with Crippen LogP contribution in [0.1, 0.15) is 13.3 Å². The topological polar surface area (TPSA) is 68.5 Å². The molecule has 4 aromatic rings. The van der Waals surface area contributed by atoms with E-state index in [1.165, 1.54) is 50.0 Å². The molecule has 1 N–H and O–H groups in total. The summed E-state index contributed by atoms with van der Waals surface area (Å²) in [5.74, 6) is -2.69. The van der Waals surface area contributed by atoms with Gasteiger partial charge in [0, 0.05) is 29.9 Å². The summed E-state index contributed by atoms with van der Waals surface area (Å²) < 4.78 is 62.6. The molecule has 172 valence electrons. The Kier molecular flexibility index (Phi) is 6.03. The van der Waals surface area contributed by atoms with E-state index in [1.807, 2.05) is 6.92 Å². The second-order valence-corrected chi connectivity index (χ2v) is 9.89. The highest BCUT2D eigenvalue weighted by Gasteiger charge is 2.19. The van der Waals surface area contributed by atoms with Gasteiger partial charge in [-0.15, -0.1) is 0 Å². The minimum atomic E-state index is -2.59. The van der Waals surface area contributed by atoms with Gasteiger partial charge in [-0.1, -0.05) is 6.92 Å². The summed E-state index contributed by atoms with van der Waals surface area (Å²) >= 11 is 0. The van der Waals surface area contributed by atoms with Gasteiger partial charge in [-0.3, -0.25) is 8.61 Å². The van der Waals surface area contributed by atoms with E-state index in [1.54, 1.807) is 22.0 Å². The molecule has 2 aromatic heterocycles. The minimum absolute atomic E-state index is 0.00164. The molecule has 6 nitrogen and oxygen atoms in total. The van der Waals surface area contributed by atoms with Crippen molar-refractivity contribution in [3.8, 4) is 17.0 Å². The third-order valence-electron chi connectivity index (χ3n) is 5.09. The van der Waals surface area contributed by atoms with E-state index in [4.69, 9.17) is 4.74 Å². The molecule has 0 saturated heterocycles. The zero-order valence-corrected chi connectivity index (χ0v) is 18.9. The molecule has 1 unspecified atom stereocenters. The van der Waals surface area contributed by atoms with E-state index in [2.05, 4.69) is 15.3 Å². The summed E-state index contributed by atoms with van der Waals surface area (Å²) in [4.78, 5) is 8.65. The first-order chi connectivity index (χ1) is 15.8. The lowest BCUT2D eigenvalue weighted by atomic mass is 10.1. The van der Waals surface area contributed by atoms with Gasteiger partial charge in [0.05, 0.1) is 23.9 Å². The van der Waals surface area contributed by atoms with Crippen LogP contribution in [-0.4, -0.2) is 37.3 Å². The van der Waals surface area contributed by atoms with Gasteiger partial charge in [0.25, 0.3) is 0 Å². The molecule has 0 aliphatic rings. The maximum atomic E-state index is 14.7. The molecule has 4 rings (SSSR count). The lowest BCUT2D eigenvalue weighted by molar-refractivity contribution is 0.372. The highest BCUT2D eigenvalue weighted by atomic mass is 32.2. The largest absolute Gasteiger partial charge is 0.494 e. The zero-order chi connectivity index (χ0) is 23.8. The molecule has 33 heavy (non-hydrogen) atoms. The number of hydrogen-bond donors (Lipinski definition) is 1. The number of rotatable bonds is 6. The van der Waals surface area contributed by atoms with Gasteiger partial charge < -0.3 is 10.1 Å². The van der Waals surface area contributed by atoms with E-state index in [-0.39, 0.29) is 22.0 Å². The first kappa shape index (κ1) is 22.7. The quantitative estimate of drug-likeness (QED) is 0.396. The average Bonchev–Trinajstić information content (AvgIpc) is 3.20. The summed E-state index contributed by atoms with van der Waals surface area (Å²) in [5, 5.41) is 4.57. The summed E-state index contributed by atoms with van der Waals surface area (Å²) in [7, 11) is -1.33. The van der Waals surface area contributed by atoms with Crippen molar-refractivity contribution in [3.05, 3.63) is 66.4 Å². The highest BCUT2D eigenvalue weighted by molar-refractivity contribution is 8.00. The van der Waals surface area contributed by atoms with Crippen LogP contribution in [0.5, 0.6) is 5.75 Å². The molecule has 0 aliphatic carbocycles. The zero-order valence-electron chi connectivity index (χ0n) is 18.1. The molecular formula is C23H21F3N4O2S. The van der Waals surface area contributed by atoms with Gasteiger partial charge >= 0.3 is 0 Å². The number of aromatic nitrogens is 3. The lowest BCUT2D eigenvalue weighted by Crippen LogP contribution is -2.05. The van der Waals surface area contributed by atoms with Crippen molar-refractivity contribution in [3.63, 3.8) is 0 Å². The minimum Gasteiger partial charge on any atom is -0.494 e. The van der Waals surface area contributed by atoms with Crippen LogP contribution in [0.15, 0.2) is 53.8 Å². The number of benzene rings is 2. The second kappa shape index (κ2) is 8.78. The lowest BCUT2D eigenvalue weighted by Gasteiger charge is -2.11. The molecule has 2 aromatic carbocycles. The summed E-state index contributed by atoms with van der Waals surface area (Å²) in [5.41, 5.74) is 0.996. The smallest absolute Gasteiger partial charge is 0.201 e. The third kappa shape index (κ3) is 4.13. The Labute approximate surface area is 189 Å². The number of methoxy groups -OCH3 is 1. The Morgan fingerprint density at radius 1 is 1.15 bits per heavy atom. The second-order valence-electron chi connectivity index (χ2n) is 7.31. The van der Waals surface area contributed by atoms with Crippen molar-refractivity contribution >= 4 is 32.0 Å². The molecule has 2 heterocycles. The number of fused-ring (bicyclic) bond motifs is 1. The molecule has 0 saturated carbocycles.